The summed E-state index contributed by atoms with van der Waals surface area (Å²) in [5, 5.41) is 9.34. The number of hydrogen-bond acceptors (Lipinski definition) is 5. The molecule has 7 heteroatoms. The van der Waals surface area contributed by atoms with Crippen LogP contribution in [0.4, 0.5) is 0 Å². The fourth-order valence-corrected chi connectivity index (χ4v) is 4.19. The molecule has 2 heterocycles. The molecule has 0 aliphatic carbocycles. The predicted octanol–water partition coefficient (Wildman–Crippen LogP) is 3.47. The maximum Gasteiger partial charge on any atom is 0.235 e. The average molecular weight is 375 g/mol. The van der Waals surface area contributed by atoms with Gasteiger partial charge in [0.05, 0.1) is 12.4 Å². The molecule has 1 fully saturated rings. The van der Waals surface area contributed by atoms with E-state index in [1.807, 2.05) is 36.1 Å². The molecule has 140 valence electrons. The number of nitrogens with zero attached hydrogens (tertiary/aromatic N) is 4. The van der Waals surface area contributed by atoms with Gasteiger partial charge in [-0.1, -0.05) is 11.8 Å². The van der Waals surface area contributed by atoms with E-state index >= 15 is 0 Å². The maximum atomic E-state index is 12.7. The quantitative estimate of drug-likeness (QED) is 0.725. The monoisotopic (exact) mass is 374 g/mol. The lowest BCUT2D eigenvalue weighted by Crippen LogP contribution is -2.40. The Balaban J connectivity index is 1.75. The summed E-state index contributed by atoms with van der Waals surface area (Å²) in [6.45, 7) is 6.53. The molecule has 1 unspecified atom stereocenters. The molecule has 1 aromatic carbocycles. The van der Waals surface area contributed by atoms with Crippen molar-refractivity contribution in [3.05, 3.63) is 24.3 Å². The van der Waals surface area contributed by atoms with E-state index in [9.17, 15) is 4.79 Å². The Hall–Kier alpha value is -2.02. The minimum atomic E-state index is -0.161. The largest absolute Gasteiger partial charge is 0.497 e. The summed E-state index contributed by atoms with van der Waals surface area (Å²) >= 11 is 1.49. The van der Waals surface area contributed by atoms with E-state index in [2.05, 4.69) is 21.7 Å². The van der Waals surface area contributed by atoms with E-state index in [0.29, 0.717) is 0 Å². The molecule has 1 saturated heterocycles. The topological polar surface area (TPSA) is 60.2 Å². The molecule has 0 saturated carbocycles. The van der Waals surface area contributed by atoms with Gasteiger partial charge in [-0.2, -0.15) is 0 Å². The van der Waals surface area contributed by atoms with Crippen LogP contribution in [0.2, 0.25) is 0 Å². The second-order valence-electron chi connectivity index (χ2n) is 6.42. The summed E-state index contributed by atoms with van der Waals surface area (Å²) in [6, 6.07) is 7.79. The molecule has 0 spiro atoms. The average Bonchev–Trinajstić information content (AvgIpc) is 3.10. The van der Waals surface area contributed by atoms with Gasteiger partial charge in [-0.25, -0.2) is 0 Å². The standard InChI is InChI=1S/C19H26N4O2S/c1-4-23-17(15-8-10-16(25-3)11-9-15)20-21-19(23)26-14(2)18(24)22-12-6-5-7-13-22/h8-11,14H,4-7,12-13H2,1-3H3. The summed E-state index contributed by atoms with van der Waals surface area (Å²) in [5.41, 5.74) is 0.988. The number of rotatable bonds is 6. The minimum absolute atomic E-state index is 0.161. The summed E-state index contributed by atoms with van der Waals surface area (Å²) in [6.07, 6.45) is 3.44. The lowest BCUT2D eigenvalue weighted by atomic mass is 10.1. The van der Waals surface area contributed by atoms with Gasteiger partial charge in [0.25, 0.3) is 0 Å². The number of likely N-dealkylation sites (tertiary alicyclic amines) is 1. The van der Waals surface area contributed by atoms with E-state index < -0.39 is 0 Å². The van der Waals surface area contributed by atoms with Gasteiger partial charge >= 0.3 is 0 Å². The molecule has 3 rings (SSSR count). The summed E-state index contributed by atoms with van der Waals surface area (Å²) in [5.74, 6) is 1.83. The zero-order valence-corrected chi connectivity index (χ0v) is 16.5. The maximum absolute atomic E-state index is 12.7. The van der Waals surface area contributed by atoms with E-state index in [4.69, 9.17) is 4.74 Å². The first-order valence-electron chi connectivity index (χ1n) is 9.17. The van der Waals surface area contributed by atoms with E-state index in [1.165, 1.54) is 18.2 Å². The van der Waals surface area contributed by atoms with E-state index in [-0.39, 0.29) is 11.2 Å². The molecule has 1 aromatic heterocycles. The van der Waals surface area contributed by atoms with Crippen molar-refractivity contribution in [2.75, 3.05) is 20.2 Å². The number of amides is 1. The van der Waals surface area contributed by atoms with Gasteiger partial charge < -0.3 is 14.2 Å². The second kappa shape index (κ2) is 8.58. The molecule has 1 amide bonds. The van der Waals surface area contributed by atoms with Crippen molar-refractivity contribution in [1.82, 2.24) is 19.7 Å². The van der Waals surface area contributed by atoms with Crippen LogP contribution in [0.1, 0.15) is 33.1 Å². The highest BCUT2D eigenvalue weighted by Crippen LogP contribution is 2.29. The summed E-state index contributed by atoms with van der Waals surface area (Å²) < 4.78 is 7.28. The van der Waals surface area contributed by atoms with Crippen LogP contribution in [0.5, 0.6) is 5.75 Å². The SMILES string of the molecule is CCn1c(SC(C)C(=O)N2CCCCC2)nnc1-c1ccc(OC)cc1. The van der Waals surface area contributed by atoms with Crippen LogP contribution < -0.4 is 4.74 Å². The summed E-state index contributed by atoms with van der Waals surface area (Å²) in [4.78, 5) is 14.7. The van der Waals surface area contributed by atoms with Crippen molar-refractivity contribution in [1.29, 1.82) is 0 Å². The Morgan fingerprint density at radius 1 is 1.19 bits per heavy atom. The first-order valence-corrected chi connectivity index (χ1v) is 10.0. The van der Waals surface area contributed by atoms with E-state index in [0.717, 1.165) is 54.8 Å². The first kappa shape index (κ1) is 18.8. The van der Waals surface area contributed by atoms with Crippen LogP contribution in [0.25, 0.3) is 11.4 Å². The van der Waals surface area contributed by atoms with Gasteiger partial charge in [0, 0.05) is 25.2 Å². The lowest BCUT2D eigenvalue weighted by molar-refractivity contribution is -0.131. The smallest absolute Gasteiger partial charge is 0.235 e. The van der Waals surface area contributed by atoms with Crippen LogP contribution in [-0.4, -0.2) is 51.0 Å². The fraction of sp³-hybridized carbons (Fsp3) is 0.526. The number of ether oxygens (including phenoxy) is 1. The van der Waals surface area contributed by atoms with Gasteiger partial charge in [-0.15, -0.1) is 10.2 Å². The van der Waals surface area contributed by atoms with Crippen molar-refractivity contribution >= 4 is 17.7 Å². The highest BCUT2D eigenvalue weighted by atomic mass is 32.2. The van der Waals surface area contributed by atoms with Crippen molar-refractivity contribution in [3.63, 3.8) is 0 Å². The Bertz CT molecular complexity index is 738. The number of methoxy groups -OCH3 is 1. The highest BCUT2D eigenvalue weighted by molar-refractivity contribution is 8.00. The third-order valence-electron chi connectivity index (χ3n) is 4.68. The van der Waals surface area contributed by atoms with Crippen molar-refractivity contribution in [2.24, 2.45) is 0 Å². The number of hydrogen-bond donors (Lipinski definition) is 0. The number of benzene rings is 1. The van der Waals surface area contributed by atoms with Gasteiger partial charge in [0.2, 0.25) is 5.91 Å². The van der Waals surface area contributed by atoms with Crippen LogP contribution >= 0.6 is 11.8 Å². The van der Waals surface area contributed by atoms with Crippen LogP contribution in [0, 0.1) is 0 Å². The first-order chi connectivity index (χ1) is 12.6. The third kappa shape index (κ3) is 4.03. The number of piperidine rings is 1. The normalized spacial score (nSPS) is 15.7. The van der Waals surface area contributed by atoms with Crippen LogP contribution in [0.15, 0.2) is 29.4 Å². The van der Waals surface area contributed by atoms with Crippen molar-refractivity contribution in [2.45, 2.75) is 50.1 Å². The van der Waals surface area contributed by atoms with Crippen LogP contribution in [-0.2, 0) is 11.3 Å². The third-order valence-corrected chi connectivity index (χ3v) is 5.75. The fourth-order valence-electron chi connectivity index (χ4n) is 3.19. The van der Waals surface area contributed by atoms with Crippen LogP contribution in [0.3, 0.4) is 0 Å². The molecule has 6 nitrogen and oxygen atoms in total. The molecule has 0 N–H and O–H groups in total. The van der Waals surface area contributed by atoms with E-state index in [1.54, 1.807) is 7.11 Å². The Morgan fingerprint density at radius 2 is 1.88 bits per heavy atom. The van der Waals surface area contributed by atoms with Gasteiger partial charge in [0.15, 0.2) is 11.0 Å². The second-order valence-corrected chi connectivity index (χ2v) is 7.73. The molecular formula is C19H26N4O2S. The summed E-state index contributed by atoms with van der Waals surface area (Å²) in [7, 11) is 1.65. The molecule has 0 bridgehead atoms. The number of aromatic nitrogens is 3. The number of carbonyl (C=O) groups excluding carboxylic acids is 1. The zero-order valence-electron chi connectivity index (χ0n) is 15.6. The molecular weight excluding hydrogens is 348 g/mol. The Kier molecular flexibility index (Phi) is 6.19. The Labute approximate surface area is 158 Å². The molecule has 1 aliphatic rings. The molecule has 1 aliphatic heterocycles. The molecule has 2 aromatic rings. The number of carbonyl (C=O) groups is 1. The predicted molar refractivity (Wildman–Crippen MR) is 103 cm³/mol. The lowest BCUT2D eigenvalue weighted by Gasteiger charge is -2.28. The molecule has 1 atom stereocenters. The van der Waals surface area contributed by atoms with Gasteiger partial charge in [-0.3, -0.25) is 4.79 Å². The Morgan fingerprint density at radius 3 is 2.50 bits per heavy atom. The number of thioether (sulfide) groups is 1. The minimum Gasteiger partial charge on any atom is -0.497 e. The van der Waals surface area contributed by atoms with Crippen molar-refractivity contribution in [3.8, 4) is 17.1 Å². The van der Waals surface area contributed by atoms with Gasteiger partial charge in [0.1, 0.15) is 5.75 Å². The molecule has 0 radical (unpaired) electrons. The van der Waals surface area contributed by atoms with Crippen molar-refractivity contribution < 1.29 is 9.53 Å². The van der Waals surface area contributed by atoms with Gasteiger partial charge in [-0.05, 0) is 57.4 Å². The molecule has 26 heavy (non-hydrogen) atoms. The zero-order chi connectivity index (χ0) is 18.5. The highest BCUT2D eigenvalue weighted by Gasteiger charge is 2.25.